The summed E-state index contributed by atoms with van der Waals surface area (Å²) in [5.41, 5.74) is 0. The minimum Gasteiger partial charge on any atom is -0.326 e. The Morgan fingerprint density at radius 2 is 2.40 bits per heavy atom. The van der Waals surface area contributed by atoms with Crippen LogP contribution in [0.2, 0.25) is 0 Å². The molecule has 0 bridgehead atoms. The van der Waals surface area contributed by atoms with Gasteiger partial charge in [-0.3, -0.25) is 10.1 Å². The maximum atomic E-state index is 12.0. The molecule has 0 spiro atoms. The largest absolute Gasteiger partial charge is 0.326 e. The molecule has 0 aromatic heterocycles. The summed E-state index contributed by atoms with van der Waals surface area (Å²) in [5.74, 6) is 3.53. The first-order chi connectivity index (χ1) is 7.22. The molecule has 4 heteroatoms. The van der Waals surface area contributed by atoms with Crippen molar-refractivity contribution in [3.05, 3.63) is 0 Å². The molecular formula is C11H20N2OS. The Kier molecular flexibility index (Phi) is 3.57. The second-order valence-corrected chi connectivity index (χ2v) is 5.67. The molecule has 2 rings (SSSR count). The van der Waals surface area contributed by atoms with Crippen molar-refractivity contribution in [1.82, 2.24) is 10.2 Å². The van der Waals surface area contributed by atoms with Gasteiger partial charge in [0, 0.05) is 6.54 Å². The first-order valence-corrected chi connectivity index (χ1v) is 7.02. The summed E-state index contributed by atoms with van der Waals surface area (Å²) in [4.78, 5) is 14.0. The van der Waals surface area contributed by atoms with Crippen molar-refractivity contribution in [2.45, 2.75) is 38.9 Å². The van der Waals surface area contributed by atoms with Crippen LogP contribution >= 0.6 is 11.8 Å². The van der Waals surface area contributed by atoms with E-state index in [0.29, 0.717) is 5.91 Å². The predicted molar refractivity (Wildman–Crippen MR) is 63.8 cm³/mol. The number of hydrogen-bond donors (Lipinski definition) is 1. The van der Waals surface area contributed by atoms with Gasteiger partial charge in [-0.25, -0.2) is 0 Å². The summed E-state index contributed by atoms with van der Waals surface area (Å²) < 4.78 is 0. The second-order valence-electron chi connectivity index (χ2n) is 4.52. The Labute approximate surface area is 96.0 Å². The van der Waals surface area contributed by atoms with Gasteiger partial charge in [0.2, 0.25) is 5.91 Å². The lowest BCUT2D eigenvalue weighted by atomic mass is 10.1. The third kappa shape index (κ3) is 2.31. The fourth-order valence-electron chi connectivity index (χ4n) is 2.39. The van der Waals surface area contributed by atoms with E-state index in [2.05, 4.69) is 19.2 Å². The topological polar surface area (TPSA) is 32.3 Å². The van der Waals surface area contributed by atoms with E-state index in [4.69, 9.17) is 0 Å². The predicted octanol–water partition coefficient (Wildman–Crippen LogP) is 1.30. The zero-order chi connectivity index (χ0) is 10.8. The normalized spacial score (nSPS) is 36.5. The van der Waals surface area contributed by atoms with E-state index in [1.54, 1.807) is 0 Å². The molecule has 2 fully saturated rings. The number of nitrogens with zero attached hydrogens (tertiary/aromatic N) is 1. The summed E-state index contributed by atoms with van der Waals surface area (Å²) in [6.07, 6.45) is 2.41. The van der Waals surface area contributed by atoms with Gasteiger partial charge >= 0.3 is 0 Å². The molecule has 15 heavy (non-hydrogen) atoms. The van der Waals surface area contributed by atoms with Crippen LogP contribution in [-0.2, 0) is 4.79 Å². The van der Waals surface area contributed by atoms with Gasteiger partial charge in [-0.1, -0.05) is 6.92 Å². The van der Waals surface area contributed by atoms with Crippen molar-refractivity contribution in [2.75, 3.05) is 18.1 Å². The molecule has 0 radical (unpaired) electrons. The highest BCUT2D eigenvalue weighted by atomic mass is 32.2. The van der Waals surface area contributed by atoms with E-state index in [1.807, 2.05) is 16.7 Å². The molecule has 0 saturated carbocycles. The van der Waals surface area contributed by atoms with Gasteiger partial charge in [0.05, 0.1) is 12.2 Å². The monoisotopic (exact) mass is 228 g/mol. The lowest BCUT2D eigenvalue weighted by Crippen LogP contribution is -2.38. The first-order valence-electron chi connectivity index (χ1n) is 5.86. The summed E-state index contributed by atoms with van der Waals surface area (Å²) in [6, 6.07) is 0.0639. The molecule has 0 aromatic carbocycles. The molecule has 1 N–H and O–H groups in total. The zero-order valence-corrected chi connectivity index (χ0v) is 10.3. The number of thioether (sulfide) groups is 1. The van der Waals surface area contributed by atoms with Gasteiger partial charge in [0.1, 0.15) is 0 Å². The molecule has 3 atom stereocenters. The molecule has 3 nitrogen and oxygen atoms in total. The molecular weight excluding hydrogens is 208 g/mol. The molecule has 2 heterocycles. The van der Waals surface area contributed by atoms with E-state index in [9.17, 15) is 4.79 Å². The number of hydrogen-bond acceptors (Lipinski definition) is 3. The Morgan fingerprint density at radius 3 is 2.93 bits per heavy atom. The maximum Gasteiger partial charge on any atom is 0.241 e. The van der Waals surface area contributed by atoms with Gasteiger partial charge in [-0.15, -0.1) is 0 Å². The minimum absolute atomic E-state index is 0.0639. The van der Waals surface area contributed by atoms with Crippen molar-refractivity contribution < 1.29 is 4.79 Å². The second kappa shape index (κ2) is 4.74. The van der Waals surface area contributed by atoms with Crippen LogP contribution in [0.15, 0.2) is 0 Å². The van der Waals surface area contributed by atoms with Crippen LogP contribution in [0.5, 0.6) is 0 Å². The zero-order valence-electron chi connectivity index (χ0n) is 9.53. The average Bonchev–Trinajstić information content (AvgIpc) is 2.81. The minimum atomic E-state index is 0.0639. The smallest absolute Gasteiger partial charge is 0.241 e. The molecule has 2 aliphatic rings. The molecule has 3 unspecified atom stereocenters. The Bertz CT molecular complexity index is 241. The first kappa shape index (κ1) is 11.3. The van der Waals surface area contributed by atoms with E-state index in [0.717, 1.165) is 18.9 Å². The van der Waals surface area contributed by atoms with Crippen molar-refractivity contribution in [1.29, 1.82) is 0 Å². The standard InChI is InChI=1S/C11H20N2OS/c1-3-10-11(14)13(8(2)12-10)6-9-4-5-15-7-9/h8-10,12H,3-7H2,1-2H3. The van der Waals surface area contributed by atoms with Crippen LogP contribution in [0.1, 0.15) is 26.7 Å². The maximum absolute atomic E-state index is 12.0. The van der Waals surface area contributed by atoms with Gasteiger partial charge in [-0.05, 0) is 37.2 Å². The van der Waals surface area contributed by atoms with Crippen molar-refractivity contribution in [2.24, 2.45) is 5.92 Å². The SMILES string of the molecule is CCC1NC(C)N(CC2CCSC2)C1=O. The molecule has 1 amide bonds. The number of amides is 1. The highest BCUT2D eigenvalue weighted by molar-refractivity contribution is 7.99. The Balaban J connectivity index is 1.93. The van der Waals surface area contributed by atoms with Crippen LogP contribution in [0, 0.1) is 5.92 Å². The highest BCUT2D eigenvalue weighted by Gasteiger charge is 2.36. The van der Waals surface area contributed by atoms with E-state index in [1.165, 1.54) is 17.9 Å². The Hall–Kier alpha value is -0.220. The molecule has 2 aliphatic heterocycles. The van der Waals surface area contributed by atoms with Crippen molar-refractivity contribution in [3.63, 3.8) is 0 Å². The lowest BCUT2D eigenvalue weighted by molar-refractivity contribution is -0.130. The van der Waals surface area contributed by atoms with E-state index in [-0.39, 0.29) is 12.2 Å². The average molecular weight is 228 g/mol. The summed E-state index contributed by atoms with van der Waals surface area (Å²) >= 11 is 2.02. The number of carbonyl (C=O) groups excluding carboxylic acids is 1. The van der Waals surface area contributed by atoms with Crippen molar-refractivity contribution >= 4 is 17.7 Å². The molecule has 86 valence electrons. The number of rotatable bonds is 3. The molecule has 0 aliphatic carbocycles. The summed E-state index contributed by atoms with van der Waals surface area (Å²) in [6.45, 7) is 5.11. The van der Waals surface area contributed by atoms with Crippen LogP contribution in [-0.4, -0.2) is 41.1 Å². The third-order valence-corrected chi connectivity index (χ3v) is 4.61. The van der Waals surface area contributed by atoms with Gasteiger partial charge in [0.25, 0.3) is 0 Å². The molecule has 0 aromatic rings. The van der Waals surface area contributed by atoms with Crippen LogP contribution < -0.4 is 5.32 Å². The highest BCUT2D eigenvalue weighted by Crippen LogP contribution is 2.26. The number of nitrogens with one attached hydrogen (secondary N) is 1. The van der Waals surface area contributed by atoms with E-state index >= 15 is 0 Å². The Morgan fingerprint density at radius 1 is 1.60 bits per heavy atom. The molecule has 2 saturated heterocycles. The van der Waals surface area contributed by atoms with Gasteiger partial charge in [0.15, 0.2) is 0 Å². The van der Waals surface area contributed by atoms with Crippen molar-refractivity contribution in [3.8, 4) is 0 Å². The third-order valence-electron chi connectivity index (χ3n) is 3.38. The fourth-order valence-corrected chi connectivity index (χ4v) is 3.66. The fraction of sp³-hybridized carbons (Fsp3) is 0.909. The van der Waals surface area contributed by atoms with Gasteiger partial charge < -0.3 is 4.90 Å². The lowest BCUT2D eigenvalue weighted by Gasteiger charge is -2.23. The van der Waals surface area contributed by atoms with Gasteiger partial charge in [-0.2, -0.15) is 11.8 Å². The van der Waals surface area contributed by atoms with Crippen LogP contribution in [0.3, 0.4) is 0 Å². The quantitative estimate of drug-likeness (QED) is 0.790. The number of carbonyl (C=O) groups is 1. The summed E-state index contributed by atoms with van der Waals surface area (Å²) in [5, 5.41) is 3.35. The van der Waals surface area contributed by atoms with Crippen LogP contribution in [0.25, 0.3) is 0 Å². The van der Waals surface area contributed by atoms with E-state index < -0.39 is 0 Å². The summed E-state index contributed by atoms with van der Waals surface area (Å²) in [7, 11) is 0. The van der Waals surface area contributed by atoms with Crippen LogP contribution in [0.4, 0.5) is 0 Å².